The molecular formula is C12H8BrNO2S. The highest BCUT2D eigenvalue weighted by atomic mass is 79.9. The fourth-order valence-corrected chi connectivity index (χ4v) is 2.80. The van der Waals surface area contributed by atoms with E-state index >= 15 is 0 Å². The van der Waals surface area contributed by atoms with E-state index < -0.39 is 5.97 Å². The molecule has 0 aliphatic carbocycles. The SMILES string of the molecule is O=C(O)c1cnccc1Sc1cccc(Br)c1. The summed E-state index contributed by atoms with van der Waals surface area (Å²) in [6.45, 7) is 0. The first-order chi connectivity index (χ1) is 8.16. The van der Waals surface area contributed by atoms with E-state index in [-0.39, 0.29) is 5.56 Å². The van der Waals surface area contributed by atoms with Gasteiger partial charge >= 0.3 is 5.97 Å². The molecule has 0 amide bonds. The van der Waals surface area contributed by atoms with Gasteiger partial charge in [-0.15, -0.1) is 0 Å². The maximum absolute atomic E-state index is 11.0. The molecule has 0 spiro atoms. The number of hydrogen-bond acceptors (Lipinski definition) is 3. The van der Waals surface area contributed by atoms with Gasteiger partial charge in [0.25, 0.3) is 0 Å². The smallest absolute Gasteiger partial charge is 0.338 e. The third-order valence-electron chi connectivity index (χ3n) is 2.04. The normalized spacial score (nSPS) is 10.2. The van der Waals surface area contributed by atoms with Crippen LogP contribution in [0.5, 0.6) is 0 Å². The van der Waals surface area contributed by atoms with E-state index in [0.29, 0.717) is 4.90 Å². The average Bonchev–Trinajstić information content (AvgIpc) is 2.29. The Hall–Kier alpha value is -1.33. The predicted octanol–water partition coefficient (Wildman–Crippen LogP) is 3.69. The second-order valence-corrected chi connectivity index (χ2v) is 5.27. The molecule has 5 heteroatoms. The van der Waals surface area contributed by atoms with Crippen molar-refractivity contribution >= 4 is 33.7 Å². The molecule has 86 valence electrons. The predicted molar refractivity (Wildman–Crippen MR) is 69.5 cm³/mol. The van der Waals surface area contributed by atoms with E-state index in [4.69, 9.17) is 5.11 Å². The van der Waals surface area contributed by atoms with Gasteiger partial charge in [0.15, 0.2) is 0 Å². The summed E-state index contributed by atoms with van der Waals surface area (Å²) in [5.41, 5.74) is 0.220. The number of benzene rings is 1. The molecule has 2 rings (SSSR count). The molecule has 0 unspecified atom stereocenters. The van der Waals surface area contributed by atoms with Crippen LogP contribution in [-0.2, 0) is 0 Å². The van der Waals surface area contributed by atoms with Crippen LogP contribution >= 0.6 is 27.7 Å². The van der Waals surface area contributed by atoms with Crippen molar-refractivity contribution < 1.29 is 9.90 Å². The van der Waals surface area contributed by atoms with Crippen LogP contribution in [0.2, 0.25) is 0 Å². The van der Waals surface area contributed by atoms with Crippen molar-refractivity contribution in [2.24, 2.45) is 0 Å². The Morgan fingerprint density at radius 3 is 2.88 bits per heavy atom. The van der Waals surface area contributed by atoms with Gasteiger partial charge in [0.1, 0.15) is 0 Å². The van der Waals surface area contributed by atoms with Crippen LogP contribution in [0.25, 0.3) is 0 Å². The molecule has 0 atom stereocenters. The number of carboxylic acids is 1. The van der Waals surface area contributed by atoms with E-state index in [2.05, 4.69) is 20.9 Å². The second-order valence-electron chi connectivity index (χ2n) is 3.24. The molecule has 1 heterocycles. The number of carbonyl (C=O) groups is 1. The average molecular weight is 310 g/mol. The van der Waals surface area contributed by atoms with Gasteiger partial charge in [0.2, 0.25) is 0 Å². The lowest BCUT2D eigenvalue weighted by Gasteiger charge is -2.05. The number of aromatic nitrogens is 1. The lowest BCUT2D eigenvalue weighted by Crippen LogP contribution is -1.99. The third-order valence-corrected chi connectivity index (χ3v) is 3.59. The molecule has 2 aromatic rings. The van der Waals surface area contributed by atoms with Crippen LogP contribution in [0.4, 0.5) is 0 Å². The first-order valence-electron chi connectivity index (χ1n) is 4.77. The fourth-order valence-electron chi connectivity index (χ4n) is 1.29. The van der Waals surface area contributed by atoms with Crippen molar-refractivity contribution in [1.82, 2.24) is 4.98 Å². The molecular weight excluding hydrogens is 302 g/mol. The zero-order chi connectivity index (χ0) is 12.3. The van der Waals surface area contributed by atoms with E-state index in [1.54, 1.807) is 12.3 Å². The number of rotatable bonds is 3. The number of halogens is 1. The molecule has 1 aromatic heterocycles. The van der Waals surface area contributed by atoms with Gasteiger partial charge in [-0.3, -0.25) is 4.98 Å². The minimum Gasteiger partial charge on any atom is -0.478 e. The lowest BCUT2D eigenvalue weighted by atomic mass is 10.3. The summed E-state index contributed by atoms with van der Waals surface area (Å²) >= 11 is 4.79. The molecule has 1 N–H and O–H groups in total. The van der Waals surface area contributed by atoms with Crippen LogP contribution in [0, 0.1) is 0 Å². The molecule has 0 aliphatic rings. The summed E-state index contributed by atoms with van der Waals surface area (Å²) in [6.07, 6.45) is 2.95. The third kappa shape index (κ3) is 3.08. The number of carboxylic acid groups (broad SMARTS) is 1. The largest absolute Gasteiger partial charge is 0.478 e. The van der Waals surface area contributed by atoms with Gasteiger partial charge in [-0.05, 0) is 24.3 Å². The molecule has 3 nitrogen and oxygen atoms in total. The minimum absolute atomic E-state index is 0.220. The van der Waals surface area contributed by atoms with Gasteiger partial charge in [-0.1, -0.05) is 33.8 Å². The number of aromatic carboxylic acids is 1. The van der Waals surface area contributed by atoms with Crippen LogP contribution in [0.3, 0.4) is 0 Å². The Bertz CT molecular complexity index is 560. The Morgan fingerprint density at radius 1 is 1.35 bits per heavy atom. The van der Waals surface area contributed by atoms with E-state index in [9.17, 15) is 4.79 Å². The summed E-state index contributed by atoms with van der Waals surface area (Å²) in [5.74, 6) is -0.962. The Kier molecular flexibility index (Phi) is 3.81. The molecule has 0 fully saturated rings. The maximum Gasteiger partial charge on any atom is 0.338 e. The van der Waals surface area contributed by atoms with E-state index in [1.807, 2.05) is 24.3 Å². The standard InChI is InChI=1S/C12H8BrNO2S/c13-8-2-1-3-9(6-8)17-11-4-5-14-7-10(11)12(15)16/h1-7H,(H,15,16). The Morgan fingerprint density at radius 2 is 2.18 bits per heavy atom. The van der Waals surface area contributed by atoms with Crippen molar-refractivity contribution in [3.8, 4) is 0 Å². The zero-order valence-electron chi connectivity index (χ0n) is 8.63. The minimum atomic E-state index is -0.962. The molecule has 0 aliphatic heterocycles. The number of pyridine rings is 1. The highest BCUT2D eigenvalue weighted by molar-refractivity contribution is 9.10. The van der Waals surface area contributed by atoms with Crippen molar-refractivity contribution in [3.63, 3.8) is 0 Å². The van der Waals surface area contributed by atoms with Crippen LogP contribution in [0.15, 0.2) is 57.0 Å². The quantitative estimate of drug-likeness (QED) is 0.939. The van der Waals surface area contributed by atoms with E-state index in [1.165, 1.54) is 18.0 Å². The van der Waals surface area contributed by atoms with Crippen molar-refractivity contribution in [1.29, 1.82) is 0 Å². The summed E-state index contributed by atoms with van der Waals surface area (Å²) in [6, 6.07) is 9.41. The summed E-state index contributed by atoms with van der Waals surface area (Å²) < 4.78 is 0.966. The summed E-state index contributed by atoms with van der Waals surface area (Å²) in [5, 5.41) is 9.04. The van der Waals surface area contributed by atoms with Crippen LogP contribution in [-0.4, -0.2) is 16.1 Å². The second kappa shape index (κ2) is 5.33. The highest BCUT2D eigenvalue weighted by Crippen LogP contribution is 2.31. The monoisotopic (exact) mass is 309 g/mol. The number of hydrogen-bond donors (Lipinski definition) is 1. The molecule has 0 radical (unpaired) electrons. The van der Waals surface area contributed by atoms with Gasteiger partial charge in [-0.2, -0.15) is 0 Å². The molecule has 17 heavy (non-hydrogen) atoms. The van der Waals surface area contributed by atoms with Gasteiger partial charge in [0, 0.05) is 26.7 Å². The zero-order valence-corrected chi connectivity index (χ0v) is 11.0. The van der Waals surface area contributed by atoms with Crippen molar-refractivity contribution in [2.45, 2.75) is 9.79 Å². The summed E-state index contributed by atoms with van der Waals surface area (Å²) in [4.78, 5) is 16.5. The topological polar surface area (TPSA) is 50.2 Å². The van der Waals surface area contributed by atoms with Gasteiger partial charge in [0.05, 0.1) is 5.56 Å². The summed E-state index contributed by atoms with van der Waals surface area (Å²) in [7, 11) is 0. The van der Waals surface area contributed by atoms with Gasteiger partial charge in [-0.25, -0.2) is 4.79 Å². The first kappa shape index (κ1) is 12.1. The van der Waals surface area contributed by atoms with Crippen LogP contribution < -0.4 is 0 Å². The Labute approximate surface area is 111 Å². The van der Waals surface area contributed by atoms with Gasteiger partial charge < -0.3 is 5.11 Å². The fraction of sp³-hybridized carbons (Fsp3) is 0. The molecule has 0 saturated heterocycles. The Balaban J connectivity index is 2.33. The number of nitrogens with zero attached hydrogens (tertiary/aromatic N) is 1. The highest BCUT2D eigenvalue weighted by Gasteiger charge is 2.10. The van der Waals surface area contributed by atoms with Crippen molar-refractivity contribution in [3.05, 3.63) is 52.8 Å². The molecule has 0 saturated carbocycles. The van der Waals surface area contributed by atoms with Crippen LogP contribution in [0.1, 0.15) is 10.4 Å². The first-order valence-corrected chi connectivity index (χ1v) is 6.38. The van der Waals surface area contributed by atoms with E-state index in [0.717, 1.165) is 9.37 Å². The van der Waals surface area contributed by atoms with Crippen molar-refractivity contribution in [2.75, 3.05) is 0 Å². The molecule has 0 bridgehead atoms. The maximum atomic E-state index is 11.0. The lowest BCUT2D eigenvalue weighted by molar-refractivity contribution is 0.0692. The molecule has 1 aromatic carbocycles.